The Balaban J connectivity index is 2.81. The predicted octanol–water partition coefficient (Wildman–Crippen LogP) is 2.65. The monoisotopic (exact) mass is 315 g/mol. The highest BCUT2D eigenvalue weighted by atomic mass is 32.1. The van der Waals surface area contributed by atoms with Gasteiger partial charge in [-0.1, -0.05) is 6.92 Å². The summed E-state index contributed by atoms with van der Waals surface area (Å²) in [5.74, 6) is 0. The van der Waals surface area contributed by atoms with Crippen LogP contribution < -0.4 is 10.2 Å². The van der Waals surface area contributed by atoms with Gasteiger partial charge in [-0.3, -0.25) is 0 Å². The van der Waals surface area contributed by atoms with Gasteiger partial charge in [0.05, 0.1) is 18.9 Å². The van der Waals surface area contributed by atoms with E-state index in [2.05, 4.69) is 31.0 Å². The van der Waals surface area contributed by atoms with Gasteiger partial charge in [0.2, 0.25) is 0 Å². The van der Waals surface area contributed by atoms with Crippen molar-refractivity contribution in [2.45, 2.75) is 46.4 Å². The second-order valence-corrected chi connectivity index (χ2v) is 6.07. The third-order valence-corrected chi connectivity index (χ3v) is 4.66. The van der Waals surface area contributed by atoms with Crippen LogP contribution in [0.25, 0.3) is 0 Å². The first kappa shape index (κ1) is 18.4. The number of hydrogen-bond acceptors (Lipinski definition) is 6. The molecule has 0 amide bonds. The van der Waals surface area contributed by atoms with Crippen molar-refractivity contribution >= 4 is 16.5 Å². The Bertz CT molecular complexity index is 398. The molecule has 6 heteroatoms. The molecule has 1 atom stereocenters. The molecule has 0 aromatic carbocycles. The SMILES string of the molecule is CCC(C)N(CC)c1nc(COC)c(CNCCOC)s1. The highest BCUT2D eigenvalue weighted by Crippen LogP contribution is 2.28. The number of anilines is 1. The first-order chi connectivity index (χ1) is 10.2. The number of thiazole rings is 1. The summed E-state index contributed by atoms with van der Waals surface area (Å²) >= 11 is 1.77. The lowest BCUT2D eigenvalue weighted by Crippen LogP contribution is -2.32. The largest absolute Gasteiger partial charge is 0.383 e. The van der Waals surface area contributed by atoms with Crippen molar-refractivity contribution in [1.29, 1.82) is 0 Å². The number of hydrogen-bond donors (Lipinski definition) is 1. The van der Waals surface area contributed by atoms with Crippen LogP contribution in [0.5, 0.6) is 0 Å². The maximum Gasteiger partial charge on any atom is 0.186 e. The van der Waals surface area contributed by atoms with E-state index in [4.69, 9.17) is 14.5 Å². The Morgan fingerprint density at radius 3 is 2.62 bits per heavy atom. The number of ether oxygens (including phenoxy) is 2. The molecule has 0 aliphatic rings. The van der Waals surface area contributed by atoms with Gasteiger partial charge in [0.15, 0.2) is 5.13 Å². The molecule has 0 fully saturated rings. The Kier molecular flexibility index (Phi) is 8.84. The van der Waals surface area contributed by atoms with Crippen LogP contribution in [0.2, 0.25) is 0 Å². The average molecular weight is 315 g/mol. The van der Waals surface area contributed by atoms with Gasteiger partial charge in [0.1, 0.15) is 0 Å². The molecule has 0 saturated carbocycles. The van der Waals surface area contributed by atoms with Gasteiger partial charge in [0, 0.05) is 44.8 Å². The minimum Gasteiger partial charge on any atom is -0.383 e. The van der Waals surface area contributed by atoms with Crippen LogP contribution in [0.3, 0.4) is 0 Å². The Morgan fingerprint density at radius 2 is 2.05 bits per heavy atom. The van der Waals surface area contributed by atoms with Crippen LogP contribution in [0.4, 0.5) is 5.13 Å². The third-order valence-electron chi connectivity index (χ3n) is 3.53. The molecule has 122 valence electrons. The van der Waals surface area contributed by atoms with E-state index in [9.17, 15) is 0 Å². The van der Waals surface area contributed by atoms with Gasteiger partial charge < -0.3 is 19.7 Å². The van der Waals surface area contributed by atoms with Crippen molar-refractivity contribution in [2.75, 3.05) is 38.8 Å². The molecular formula is C15H29N3O2S. The van der Waals surface area contributed by atoms with E-state index in [1.54, 1.807) is 25.6 Å². The highest BCUT2D eigenvalue weighted by molar-refractivity contribution is 7.15. The Morgan fingerprint density at radius 1 is 1.29 bits per heavy atom. The molecule has 0 spiro atoms. The lowest BCUT2D eigenvalue weighted by Gasteiger charge is -2.26. The topological polar surface area (TPSA) is 46.6 Å². The smallest absolute Gasteiger partial charge is 0.186 e. The fraction of sp³-hybridized carbons (Fsp3) is 0.800. The normalized spacial score (nSPS) is 12.6. The van der Waals surface area contributed by atoms with E-state index in [-0.39, 0.29) is 0 Å². The molecule has 1 aromatic heterocycles. The average Bonchev–Trinajstić information content (AvgIpc) is 2.87. The molecule has 1 heterocycles. The number of rotatable bonds is 11. The summed E-state index contributed by atoms with van der Waals surface area (Å²) in [7, 11) is 3.43. The zero-order chi connectivity index (χ0) is 15.7. The molecule has 0 aliphatic heterocycles. The maximum absolute atomic E-state index is 5.28. The molecule has 21 heavy (non-hydrogen) atoms. The summed E-state index contributed by atoms with van der Waals surface area (Å²) in [6.07, 6.45) is 1.12. The molecule has 0 saturated heterocycles. The zero-order valence-electron chi connectivity index (χ0n) is 13.9. The Hall–Kier alpha value is -0.690. The van der Waals surface area contributed by atoms with Crippen molar-refractivity contribution in [2.24, 2.45) is 0 Å². The quantitative estimate of drug-likeness (QED) is 0.636. The summed E-state index contributed by atoms with van der Waals surface area (Å²) in [5.41, 5.74) is 1.05. The van der Waals surface area contributed by atoms with E-state index >= 15 is 0 Å². The first-order valence-electron chi connectivity index (χ1n) is 7.61. The minimum absolute atomic E-state index is 0.505. The number of nitrogens with zero attached hydrogens (tertiary/aromatic N) is 2. The molecule has 0 bridgehead atoms. The van der Waals surface area contributed by atoms with Crippen LogP contribution in [0.15, 0.2) is 0 Å². The third kappa shape index (κ3) is 5.54. The van der Waals surface area contributed by atoms with Gasteiger partial charge in [0.25, 0.3) is 0 Å². The standard InChI is InChI=1S/C15H29N3O2S/c1-6-12(3)18(7-2)15-17-13(11-20-5)14(21-15)10-16-8-9-19-4/h12,16H,6-11H2,1-5H3. The van der Waals surface area contributed by atoms with Crippen LogP contribution in [0.1, 0.15) is 37.8 Å². The van der Waals surface area contributed by atoms with E-state index in [1.807, 2.05) is 0 Å². The summed E-state index contributed by atoms with van der Waals surface area (Å²) in [6, 6.07) is 0.505. The first-order valence-corrected chi connectivity index (χ1v) is 8.43. The van der Waals surface area contributed by atoms with E-state index < -0.39 is 0 Å². The number of nitrogens with one attached hydrogen (secondary N) is 1. The Labute approximate surface area is 132 Å². The van der Waals surface area contributed by atoms with Gasteiger partial charge in [-0.25, -0.2) is 4.98 Å². The maximum atomic E-state index is 5.28. The van der Waals surface area contributed by atoms with Crippen molar-refractivity contribution in [1.82, 2.24) is 10.3 Å². The molecule has 1 unspecified atom stereocenters. The summed E-state index contributed by atoms with van der Waals surface area (Å²) in [4.78, 5) is 8.41. The molecule has 0 radical (unpaired) electrons. The van der Waals surface area contributed by atoms with Crippen molar-refractivity contribution in [3.05, 3.63) is 10.6 Å². The second kappa shape index (κ2) is 10.1. The fourth-order valence-corrected chi connectivity index (χ4v) is 3.31. The van der Waals surface area contributed by atoms with Gasteiger partial charge in [-0.05, 0) is 20.3 Å². The van der Waals surface area contributed by atoms with Crippen LogP contribution in [-0.4, -0.2) is 44.9 Å². The second-order valence-electron chi connectivity index (χ2n) is 5.01. The lowest BCUT2D eigenvalue weighted by atomic mass is 10.2. The summed E-state index contributed by atoms with van der Waals surface area (Å²) in [6.45, 7) is 10.6. The highest BCUT2D eigenvalue weighted by Gasteiger charge is 2.18. The van der Waals surface area contributed by atoms with E-state index in [1.165, 1.54) is 4.88 Å². The lowest BCUT2D eigenvalue weighted by molar-refractivity contribution is 0.181. The van der Waals surface area contributed by atoms with Crippen LogP contribution >= 0.6 is 11.3 Å². The molecular weight excluding hydrogens is 286 g/mol. The summed E-state index contributed by atoms with van der Waals surface area (Å²) < 4.78 is 10.3. The molecule has 5 nitrogen and oxygen atoms in total. The molecule has 1 aromatic rings. The van der Waals surface area contributed by atoms with E-state index in [0.717, 1.165) is 43.5 Å². The number of methoxy groups -OCH3 is 2. The van der Waals surface area contributed by atoms with Gasteiger partial charge in [-0.2, -0.15) is 0 Å². The van der Waals surface area contributed by atoms with Crippen LogP contribution in [-0.2, 0) is 22.6 Å². The molecule has 1 rings (SSSR count). The minimum atomic E-state index is 0.505. The molecule has 1 N–H and O–H groups in total. The van der Waals surface area contributed by atoms with Gasteiger partial charge >= 0.3 is 0 Å². The van der Waals surface area contributed by atoms with Gasteiger partial charge in [-0.15, -0.1) is 11.3 Å². The predicted molar refractivity (Wildman–Crippen MR) is 89.2 cm³/mol. The number of aromatic nitrogens is 1. The van der Waals surface area contributed by atoms with Crippen LogP contribution in [0, 0.1) is 0 Å². The van der Waals surface area contributed by atoms with Crippen molar-refractivity contribution in [3.63, 3.8) is 0 Å². The molecule has 0 aliphatic carbocycles. The van der Waals surface area contributed by atoms with Crippen molar-refractivity contribution < 1.29 is 9.47 Å². The zero-order valence-corrected chi connectivity index (χ0v) is 14.8. The van der Waals surface area contributed by atoms with E-state index in [0.29, 0.717) is 12.6 Å². The summed E-state index contributed by atoms with van der Waals surface area (Å²) in [5, 5.41) is 4.49. The fourth-order valence-electron chi connectivity index (χ4n) is 2.11. The van der Waals surface area contributed by atoms with Crippen molar-refractivity contribution in [3.8, 4) is 0 Å².